The standard InChI is InChI=1S/C29H33NO3/c1-6-22-27(28(32)33-18(2)3)25(26-23(30-22)16-29(4,5)17-24(26)31)21-14-12-20(13-15-21)19-10-8-7-9-11-19/h7-15,18,25-26H,6,16-17H2,1-5H3. The van der Waals surface area contributed by atoms with Gasteiger partial charge in [0.15, 0.2) is 0 Å². The van der Waals surface area contributed by atoms with Gasteiger partial charge in [-0.25, -0.2) is 4.79 Å². The summed E-state index contributed by atoms with van der Waals surface area (Å²) in [6.07, 6.45) is 1.63. The number of rotatable bonds is 5. The third-order valence-corrected chi connectivity index (χ3v) is 6.53. The Balaban J connectivity index is 1.83. The first-order valence-corrected chi connectivity index (χ1v) is 11.9. The van der Waals surface area contributed by atoms with Gasteiger partial charge in [-0.3, -0.25) is 9.79 Å². The van der Waals surface area contributed by atoms with Crippen LogP contribution in [0, 0.1) is 11.3 Å². The Morgan fingerprint density at radius 2 is 1.64 bits per heavy atom. The highest BCUT2D eigenvalue weighted by atomic mass is 16.5. The van der Waals surface area contributed by atoms with E-state index in [1.54, 1.807) is 0 Å². The van der Waals surface area contributed by atoms with E-state index < -0.39 is 5.92 Å². The van der Waals surface area contributed by atoms with Crippen molar-refractivity contribution in [3.05, 3.63) is 71.4 Å². The van der Waals surface area contributed by atoms with E-state index in [0.717, 1.165) is 34.5 Å². The Morgan fingerprint density at radius 3 is 2.24 bits per heavy atom. The summed E-state index contributed by atoms with van der Waals surface area (Å²) < 4.78 is 5.65. The number of ketones is 1. The minimum Gasteiger partial charge on any atom is -0.460 e. The summed E-state index contributed by atoms with van der Waals surface area (Å²) in [5.74, 6) is -0.982. The number of aliphatic imine (C=N–C) groups is 1. The van der Waals surface area contributed by atoms with Gasteiger partial charge in [-0.1, -0.05) is 75.4 Å². The summed E-state index contributed by atoms with van der Waals surface area (Å²) in [4.78, 5) is 31.6. The van der Waals surface area contributed by atoms with Crippen molar-refractivity contribution in [2.24, 2.45) is 16.3 Å². The first-order valence-electron chi connectivity index (χ1n) is 11.9. The third-order valence-electron chi connectivity index (χ3n) is 6.53. The minimum atomic E-state index is -0.411. The maximum absolute atomic E-state index is 13.4. The summed E-state index contributed by atoms with van der Waals surface area (Å²) in [6.45, 7) is 9.93. The number of benzene rings is 2. The molecule has 1 fully saturated rings. The lowest BCUT2D eigenvalue weighted by atomic mass is 9.63. The average molecular weight is 444 g/mol. The molecule has 2 aromatic carbocycles. The summed E-state index contributed by atoms with van der Waals surface area (Å²) in [5.41, 5.74) is 5.27. The van der Waals surface area contributed by atoms with Gasteiger partial charge in [0, 0.05) is 18.1 Å². The van der Waals surface area contributed by atoms with Crippen molar-refractivity contribution in [2.45, 2.75) is 65.9 Å². The summed E-state index contributed by atoms with van der Waals surface area (Å²) in [7, 11) is 0. The highest BCUT2D eigenvalue weighted by Crippen LogP contribution is 2.47. The molecule has 1 heterocycles. The Kier molecular flexibility index (Phi) is 6.38. The van der Waals surface area contributed by atoms with Crippen LogP contribution in [0.15, 0.2) is 70.9 Å². The maximum Gasteiger partial charge on any atom is 0.336 e. The molecule has 172 valence electrons. The number of fused-ring (bicyclic) bond motifs is 1. The van der Waals surface area contributed by atoms with Crippen molar-refractivity contribution in [1.29, 1.82) is 0 Å². The van der Waals surface area contributed by atoms with Gasteiger partial charge in [0.05, 0.1) is 23.3 Å². The molecule has 0 radical (unpaired) electrons. The van der Waals surface area contributed by atoms with Crippen LogP contribution in [0.2, 0.25) is 0 Å². The molecule has 2 unspecified atom stereocenters. The Morgan fingerprint density at radius 1 is 1.00 bits per heavy atom. The molecule has 2 aliphatic rings. The van der Waals surface area contributed by atoms with E-state index in [9.17, 15) is 9.59 Å². The minimum absolute atomic E-state index is 0.122. The summed E-state index contributed by atoms with van der Waals surface area (Å²) >= 11 is 0. The van der Waals surface area contributed by atoms with Gasteiger partial charge in [-0.2, -0.15) is 0 Å². The molecule has 0 bridgehead atoms. The fourth-order valence-electron chi connectivity index (χ4n) is 5.16. The number of carbonyl (C=O) groups is 2. The van der Waals surface area contributed by atoms with Crippen LogP contribution >= 0.6 is 0 Å². The SMILES string of the molecule is CCC1=C(C(=O)OC(C)C)C(c2ccc(-c3ccccc3)cc2)C2C(=O)CC(C)(C)CC2=N1. The highest BCUT2D eigenvalue weighted by molar-refractivity contribution is 6.12. The molecule has 0 spiro atoms. The lowest BCUT2D eigenvalue weighted by Crippen LogP contribution is -2.44. The molecule has 0 aromatic heterocycles. The van der Waals surface area contributed by atoms with E-state index in [-0.39, 0.29) is 29.2 Å². The monoisotopic (exact) mass is 443 g/mol. The second-order valence-corrected chi connectivity index (χ2v) is 10.2. The fourth-order valence-corrected chi connectivity index (χ4v) is 5.16. The van der Waals surface area contributed by atoms with Crippen LogP contribution in [-0.2, 0) is 14.3 Å². The van der Waals surface area contributed by atoms with Gasteiger partial charge in [0.1, 0.15) is 5.78 Å². The second kappa shape index (κ2) is 9.09. The molecule has 2 aromatic rings. The van der Waals surface area contributed by atoms with Crippen LogP contribution in [-0.4, -0.2) is 23.6 Å². The smallest absolute Gasteiger partial charge is 0.336 e. The molecular formula is C29H33NO3. The van der Waals surface area contributed by atoms with Crippen LogP contribution < -0.4 is 0 Å². The summed E-state index contributed by atoms with van der Waals surface area (Å²) in [6, 6.07) is 18.5. The molecule has 33 heavy (non-hydrogen) atoms. The quantitative estimate of drug-likeness (QED) is 0.495. The molecule has 4 rings (SSSR count). The predicted molar refractivity (Wildman–Crippen MR) is 132 cm³/mol. The zero-order valence-electron chi connectivity index (χ0n) is 20.2. The third kappa shape index (κ3) is 4.71. The highest BCUT2D eigenvalue weighted by Gasteiger charge is 2.48. The molecule has 4 heteroatoms. The molecule has 1 aliphatic heterocycles. The van der Waals surface area contributed by atoms with Crippen molar-refractivity contribution in [3.8, 4) is 11.1 Å². The lowest BCUT2D eigenvalue weighted by molar-refractivity contribution is -0.143. The molecule has 2 atom stereocenters. The van der Waals surface area contributed by atoms with Crippen LogP contribution in [0.1, 0.15) is 65.4 Å². The molecule has 0 amide bonds. The Labute approximate surface area is 196 Å². The number of ether oxygens (including phenoxy) is 1. The normalized spacial score (nSPS) is 22.1. The first-order chi connectivity index (χ1) is 15.7. The molecule has 1 aliphatic carbocycles. The average Bonchev–Trinajstić information content (AvgIpc) is 2.77. The van der Waals surface area contributed by atoms with Gasteiger partial charge in [-0.15, -0.1) is 0 Å². The van der Waals surface area contributed by atoms with E-state index in [1.807, 2.05) is 39.0 Å². The Bertz CT molecular complexity index is 1110. The van der Waals surface area contributed by atoms with Crippen LogP contribution in [0.25, 0.3) is 11.1 Å². The topological polar surface area (TPSA) is 55.7 Å². The van der Waals surface area contributed by atoms with E-state index in [2.05, 4.69) is 50.2 Å². The number of nitrogens with zero attached hydrogens (tertiary/aromatic N) is 1. The lowest BCUT2D eigenvalue weighted by Gasteiger charge is -2.41. The zero-order chi connectivity index (χ0) is 23.8. The van der Waals surface area contributed by atoms with E-state index in [0.29, 0.717) is 18.4 Å². The van der Waals surface area contributed by atoms with Crippen molar-refractivity contribution in [3.63, 3.8) is 0 Å². The van der Waals surface area contributed by atoms with Crippen molar-refractivity contribution in [2.75, 3.05) is 0 Å². The van der Waals surface area contributed by atoms with Gasteiger partial charge in [0.25, 0.3) is 0 Å². The van der Waals surface area contributed by atoms with Crippen LogP contribution in [0.4, 0.5) is 0 Å². The number of allylic oxidation sites excluding steroid dienone is 1. The van der Waals surface area contributed by atoms with E-state index >= 15 is 0 Å². The molecule has 0 saturated heterocycles. The van der Waals surface area contributed by atoms with Crippen molar-refractivity contribution >= 4 is 17.5 Å². The van der Waals surface area contributed by atoms with Crippen molar-refractivity contribution in [1.82, 2.24) is 0 Å². The number of hydrogen-bond acceptors (Lipinski definition) is 4. The maximum atomic E-state index is 13.4. The van der Waals surface area contributed by atoms with Gasteiger partial charge < -0.3 is 4.74 Å². The Hall–Kier alpha value is -3.01. The molecule has 4 nitrogen and oxygen atoms in total. The zero-order valence-corrected chi connectivity index (χ0v) is 20.2. The second-order valence-electron chi connectivity index (χ2n) is 10.2. The number of carbonyl (C=O) groups excluding carboxylic acids is 2. The van der Waals surface area contributed by atoms with E-state index in [4.69, 9.17) is 9.73 Å². The van der Waals surface area contributed by atoms with Crippen LogP contribution in [0.5, 0.6) is 0 Å². The largest absolute Gasteiger partial charge is 0.460 e. The predicted octanol–water partition coefficient (Wildman–Crippen LogP) is 6.51. The number of esters is 1. The number of hydrogen-bond donors (Lipinski definition) is 0. The molecular weight excluding hydrogens is 410 g/mol. The van der Waals surface area contributed by atoms with Gasteiger partial charge in [-0.05, 0) is 48.8 Å². The van der Waals surface area contributed by atoms with Crippen LogP contribution in [0.3, 0.4) is 0 Å². The molecule has 0 N–H and O–H groups in total. The van der Waals surface area contributed by atoms with Gasteiger partial charge >= 0.3 is 5.97 Å². The fraction of sp³-hybridized carbons (Fsp3) is 0.414. The molecule has 1 saturated carbocycles. The van der Waals surface area contributed by atoms with E-state index in [1.165, 1.54) is 0 Å². The number of Topliss-reactive ketones (excluding diaryl/α,β-unsaturated/α-hetero) is 1. The van der Waals surface area contributed by atoms with Gasteiger partial charge in [0.2, 0.25) is 0 Å². The van der Waals surface area contributed by atoms with Crippen molar-refractivity contribution < 1.29 is 14.3 Å². The first kappa shape index (κ1) is 23.2. The summed E-state index contributed by atoms with van der Waals surface area (Å²) in [5, 5.41) is 0.